The highest BCUT2D eigenvalue weighted by Gasteiger charge is 2.21. The minimum absolute atomic E-state index is 0.0491. The van der Waals surface area contributed by atoms with Crippen LogP contribution in [0.15, 0.2) is 59.5 Å². The Hall–Kier alpha value is -3.15. The van der Waals surface area contributed by atoms with Gasteiger partial charge in [0.2, 0.25) is 5.91 Å². The van der Waals surface area contributed by atoms with E-state index < -0.39 is 5.41 Å². The summed E-state index contributed by atoms with van der Waals surface area (Å²) in [6, 6.07) is 14.0. The number of amides is 1. The van der Waals surface area contributed by atoms with E-state index in [1.165, 1.54) is 10.5 Å². The lowest BCUT2D eigenvalue weighted by Crippen LogP contribution is -2.27. The Bertz CT molecular complexity index is 986. The molecule has 1 N–H and O–H groups in total. The number of ether oxygens (including phenoxy) is 1. The van der Waals surface area contributed by atoms with Crippen LogP contribution < -0.4 is 15.6 Å². The lowest BCUT2D eigenvalue weighted by atomic mass is 9.95. The summed E-state index contributed by atoms with van der Waals surface area (Å²) in [4.78, 5) is 28.5. The molecule has 0 radical (unpaired) electrons. The van der Waals surface area contributed by atoms with Crippen molar-refractivity contribution in [3.05, 3.63) is 70.8 Å². The van der Waals surface area contributed by atoms with Crippen LogP contribution >= 0.6 is 0 Å². The maximum Gasteiger partial charge on any atom is 0.258 e. The Labute approximate surface area is 151 Å². The molecule has 3 aromatic rings. The maximum atomic E-state index is 12.1. The fraction of sp³-hybridized carbons (Fsp3) is 0.250. The Balaban J connectivity index is 1.67. The first-order chi connectivity index (χ1) is 12.3. The van der Waals surface area contributed by atoms with Gasteiger partial charge in [0.15, 0.2) is 0 Å². The molecule has 0 aliphatic carbocycles. The van der Waals surface area contributed by atoms with Gasteiger partial charge in [0.05, 0.1) is 5.69 Å². The van der Waals surface area contributed by atoms with Crippen LogP contribution in [0.5, 0.6) is 5.75 Å². The maximum absolute atomic E-state index is 12.1. The lowest BCUT2D eigenvalue weighted by molar-refractivity contribution is -0.123. The average Bonchev–Trinajstić information content (AvgIpc) is 2.60. The van der Waals surface area contributed by atoms with Crippen molar-refractivity contribution in [3.63, 3.8) is 0 Å². The molecule has 3 rings (SSSR count). The summed E-state index contributed by atoms with van der Waals surface area (Å²) >= 11 is 0. The van der Waals surface area contributed by atoms with Crippen molar-refractivity contribution in [2.45, 2.75) is 27.4 Å². The molecule has 0 fully saturated rings. The zero-order valence-electron chi connectivity index (χ0n) is 15.0. The van der Waals surface area contributed by atoms with Gasteiger partial charge in [-0.15, -0.1) is 0 Å². The van der Waals surface area contributed by atoms with Crippen LogP contribution in [0.2, 0.25) is 0 Å². The van der Waals surface area contributed by atoms with Crippen molar-refractivity contribution in [1.29, 1.82) is 0 Å². The van der Waals surface area contributed by atoms with Gasteiger partial charge in [0.25, 0.3) is 5.56 Å². The molecule has 1 amide bonds. The topological polar surface area (TPSA) is 72.7 Å². The molecule has 0 spiro atoms. The number of hydrogen-bond donors (Lipinski definition) is 1. The summed E-state index contributed by atoms with van der Waals surface area (Å²) in [7, 11) is 0. The number of anilines is 1. The second-order valence-electron chi connectivity index (χ2n) is 7.03. The van der Waals surface area contributed by atoms with Crippen LogP contribution in [0.3, 0.4) is 0 Å². The normalized spacial score (nSPS) is 11.3. The van der Waals surface area contributed by atoms with Gasteiger partial charge in [0, 0.05) is 23.4 Å². The first-order valence-electron chi connectivity index (χ1n) is 8.34. The zero-order chi connectivity index (χ0) is 18.7. The van der Waals surface area contributed by atoms with E-state index in [1.54, 1.807) is 42.6 Å². The van der Waals surface area contributed by atoms with Crippen LogP contribution in [0, 0.1) is 5.41 Å². The molecule has 0 unspecified atom stereocenters. The molecular weight excluding hydrogens is 330 g/mol. The summed E-state index contributed by atoms with van der Waals surface area (Å²) < 4.78 is 7.18. The van der Waals surface area contributed by atoms with Gasteiger partial charge < -0.3 is 10.1 Å². The van der Waals surface area contributed by atoms with E-state index >= 15 is 0 Å². The fourth-order valence-corrected chi connectivity index (χ4v) is 2.29. The van der Waals surface area contributed by atoms with Crippen LogP contribution in [-0.4, -0.2) is 15.3 Å². The number of hydrogen-bond acceptors (Lipinski definition) is 4. The number of benzene rings is 1. The Kier molecular flexibility index (Phi) is 4.75. The largest absolute Gasteiger partial charge is 0.487 e. The number of nitrogens with one attached hydrogen (secondary N) is 1. The number of nitrogens with zero attached hydrogens (tertiary/aromatic N) is 2. The molecular formula is C20H21N3O3. The predicted octanol–water partition coefficient (Wildman–Crippen LogP) is 3.26. The van der Waals surface area contributed by atoms with E-state index in [1.807, 2.05) is 26.8 Å². The van der Waals surface area contributed by atoms with Gasteiger partial charge >= 0.3 is 0 Å². The van der Waals surface area contributed by atoms with Crippen molar-refractivity contribution >= 4 is 17.2 Å². The number of aromatic nitrogens is 2. The highest BCUT2D eigenvalue weighted by molar-refractivity contribution is 5.94. The zero-order valence-corrected chi connectivity index (χ0v) is 15.0. The first-order valence-corrected chi connectivity index (χ1v) is 8.34. The Morgan fingerprint density at radius 2 is 1.88 bits per heavy atom. The van der Waals surface area contributed by atoms with E-state index in [4.69, 9.17) is 4.74 Å². The molecule has 0 atom stereocenters. The quantitative estimate of drug-likeness (QED) is 0.783. The van der Waals surface area contributed by atoms with E-state index in [-0.39, 0.29) is 18.1 Å². The summed E-state index contributed by atoms with van der Waals surface area (Å²) in [6.45, 7) is 5.77. The third-order valence-corrected chi connectivity index (χ3v) is 3.80. The van der Waals surface area contributed by atoms with Gasteiger partial charge in [-0.1, -0.05) is 26.8 Å². The molecule has 6 nitrogen and oxygen atoms in total. The number of carbonyl (C=O) groups is 1. The summed E-state index contributed by atoms with van der Waals surface area (Å²) in [5, 5.41) is 2.86. The van der Waals surface area contributed by atoms with Crippen molar-refractivity contribution in [1.82, 2.24) is 9.38 Å². The summed E-state index contributed by atoms with van der Waals surface area (Å²) in [5.74, 6) is 0.584. The molecule has 0 aliphatic rings. The second kappa shape index (κ2) is 7.00. The van der Waals surface area contributed by atoms with E-state index in [9.17, 15) is 9.59 Å². The van der Waals surface area contributed by atoms with Crippen molar-refractivity contribution in [2.75, 3.05) is 5.32 Å². The van der Waals surface area contributed by atoms with Gasteiger partial charge in [-0.3, -0.25) is 14.0 Å². The molecule has 134 valence electrons. The average molecular weight is 351 g/mol. The molecule has 0 bridgehead atoms. The van der Waals surface area contributed by atoms with Crippen LogP contribution in [0.4, 0.5) is 5.69 Å². The SMILES string of the molecule is CC(C)(C)C(=O)Nc1ccc(OCc2cc(=O)n3ccccc3n2)cc1. The number of fused-ring (bicyclic) bond motifs is 1. The Morgan fingerprint density at radius 1 is 1.15 bits per heavy atom. The van der Waals surface area contributed by atoms with Crippen molar-refractivity contribution in [3.8, 4) is 5.75 Å². The minimum Gasteiger partial charge on any atom is -0.487 e. The second-order valence-corrected chi connectivity index (χ2v) is 7.03. The van der Waals surface area contributed by atoms with Crippen LogP contribution in [0.25, 0.3) is 5.65 Å². The lowest BCUT2D eigenvalue weighted by Gasteiger charge is -2.17. The highest BCUT2D eigenvalue weighted by atomic mass is 16.5. The highest BCUT2D eigenvalue weighted by Crippen LogP contribution is 2.20. The van der Waals surface area contributed by atoms with E-state index in [0.29, 0.717) is 22.8 Å². The smallest absolute Gasteiger partial charge is 0.258 e. The van der Waals surface area contributed by atoms with Gasteiger partial charge in [0.1, 0.15) is 18.0 Å². The third kappa shape index (κ3) is 4.08. The minimum atomic E-state index is -0.453. The molecule has 0 saturated carbocycles. The molecule has 6 heteroatoms. The standard InChI is InChI=1S/C20H21N3O3/c1-20(2,3)19(25)22-14-7-9-16(10-8-14)26-13-15-12-18(24)23-11-5-4-6-17(23)21-15/h4-12H,13H2,1-3H3,(H,22,25). The van der Waals surface area contributed by atoms with Gasteiger partial charge in [-0.2, -0.15) is 0 Å². The molecule has 2 heterocycles. The fourth-order valence-electron chi connectivity index (χ4n) is 2.29. The molecule has 26 heavy (non-hydrogen) atoms. The third-order valence-electron chi connectivity index (χ3n) is 3.80. The first kappa shape index (κ1) is 17.7. The van der Waals surface area contributed by atoms with Gasteiger partial charge in [-0.25, -0.2) is 4.98 Å². The van der Waals surface area contributed by atoms with Crippen molar-refractivity contribution < 1.29 is 9.53 Å². The summed E-state index contributed by atoms with van der Waals surface area (Å²) in [6.07, 6.45) is 1.68. The Morgan fingerprint density at radius 3 is 2.58 bits per heavy atom. The molecule has 2 aromatic heterocycles. The van der Waals surface area contributed by atoms with Crippen LogP contribution in [0.1, 0.15) is 26.5 Å². The molecule has 1 aromatic carbocycles. The van der Waals surface area contributed by atoms with Gasteiger partial charge in [-0.05, 0) is 36.4 Å². The predicted molar refractivity (Wildman–Crippen MR) is 100 cm³/mol. The molecule has 0 saturated heterocycles. The number of pyridine rings is 1. The molecule has 0 aliphatic heterocycles. The number of carbonyl (C=O) groups excluding carboxylic acids is 1. The van der Waals surface area contributed by atoms with E-state index in [0.717, 1.165) is 0 Å². The number of rotatable bonds is 4. The van der Waals surface area contributed by atoms with Crippen molar-refractivity contribution in [2.24, 2.45) is 5.41 Å². The summed E-state index contributed by atoms with van der Waals surface area (Å²) in [5.41, 5.74) is 1.25. The van der Waals surface area contributed by atoms with Crippen LogP contribution in [-0.2, 0) is 11.4 Å². The monoisotopic (exact) mass is 351 g/mol. The van der Waals surface area contributed by atoms with E-state index in [2.05, 4.69) is 10.3 Å².